The first kappa shape index (κ1) is 9.05. The zero-order chi connectivity index (χ0) is 8.81. The van der Waals surface area contributed by atoms with Gasteiger partial charge in [-0.2, -0.15) is 0 Å². The normalized spacial score (nSPS) is 21.8. The average Bonchev–Trinajstić information content (AvgIpc) is 2.30. The lowest BCUT2D eigenvalue weighted by atomic mass is 9.94. The van der Waals surface area contributed by atoms with E-state index in [4.69, 9.17) is 0 Å². The molecule has 0 radical (unpaired) electrons. The van der Waals surface area contributed by atoms with E-state index in [0.717, 1.165) is 6.42 Å². The molecule has 1 aliphatic carbocycles. The van der Waals surface area contributed by atoms with Crippen LogP contribution in [0.1, 0.15) is 19.8 Å². The highest BCUT2D eigenvalue weighted by molar-refractivity contribution is 5.27. The smallest absolute Gasteiger partial charge is 0.00166 e. The van der Waals surface area contributed by atoms with Crippen LogP contribution in [-0.2, 0) is 0 Å². The van der Waals surface area contributed by atoms with Gasteiger partial charge < -0.3 is 0 Å². The highest BCUT2D eigenvalue weighted by atomic mass is 14.1. The first-order chi connectivity index (χ1) is 5.88. The summed E-state index contributed by atoms with van der Waals surface area (Å²) in [6.45, 7) is 5.98. The van der Waals surface area contributed by atoms with Gasteiger partial charge in [0, 0.05) is 0 Å². The molecule has 0 amide bonds. The Labute approximate surface area is 75.0 Å². The molecular formula is C12H16. The fraction of sp³-hybridized carbons (Fsp3) is 0.333. The fourth-order valence-corrected chi connectivity index (χ4v) is 1.47. The first-order valence-electron chi connectivity index (χ1n) is 4.53. The van der Waals surface area contributed by atoms with Gasteiger partial charge in [-0.25, -0.2) is 0 Å². The molecule has 0 heterocycles. The average molecular weight is 160 g/mol. The van der Waals surface area contributed by atoms with Crippen molar-refractivity contribution in [2.45, 2.75) is 19.8 Å². The molecule has 1 atom stereocenters. The van der Waals surface area contributed by atoms with Crippen LogP contribution in [0.25, 0.3) is 0 Å². The zero-order valence-electron chi connectivity index (χ0n) is 7.66. The SMILES string of the molecule is C=CCC1=CC=CC=CC1CC. The molecule has 0 N–H and O–H groups in total. The molecule has 0 heteroatoms. The van der Waals surface area contributed by atoms with Crippen molar-refractivity contribution in [2.24, 2.45) is 5.92 Å². The van der Waals surface area contributed by atoms with Crippen molar-refractivity contribution in [2.75, 3.05) is 0 Å². The van der Waals surface area contributed by atoms with Crippen LogP contribution in [0.4, 0.5) is 0 Å². The second-order valence-electron chi connectivity index (χ2n) is 3.02. The van der Waals surface area contributed by atoms with Gasteiger partial charge in [0.1, 0.15) is 0 Å². The van der Waals surface area contributed by atoms with Gasteiger partial charge in [-0.05, 0) is 18.8 Å². The molecule has 0 aromatic heterocycles. The van der Waals surface area contributed by atoms with E-state index in [0.29, 0.717) is 5.92 Å². The van der Waals surface area contributed by atoms with Gasteiger partial charge >= 0.3 is 0 Å². The van der Waals surface area contributed by atoms with Crippen LogP contribution in [0.3, 0.4) is 0 Å². The van der Waals surface area contributed by atoms with Crippen LogP contribution in [0.2, 0.25) is 0 Å². The van der Waals surface area contributed by atoms with E-state index in [1.807, 2.05) is 6.08 Å². The van der Waals surface area contributed by atoms with E-state index >= 15 is 0 Å². The molecule has 12 heavy (non-hydrogen) atoms. The van der Waals surface area contributed by atoms with Crippen LogP contribution in [0.15, 0.2) is 48.6 Å². The largest absolute Gasteiger partial charge is 0.103 e. The zero-order valence-corrected chi connectivity index (χ0v) is 7.66. The Morgan fingerprint density at radius 1 is 1.42 bits per heavy atom. The summed E-state index contributed by atoms with van der Waals surface area (Å²) in [6, 6.07) is 0. The molecule has 0 saturated heterocycles. The van der Waals surface area contributed by atoms with Crippen LogP contribution < -0.4 is 0 Å². The van der Waals surface area contributed by atoms with Gasteiger partial charge in [-0.3, -0.25) is 0 Å². The van der Waals surface area contributed by atoms with Crippen molar-refractivity contribution in [3.63, 3.8) is 0 Å². The summed E-state index contributed by atoms with van der Waals surface area (Å²) in [5.41, 5.74) is 1.47. The standard InChI is InChI=1S/C12H16/c1-3-8-12-10-7-5-6-9-11(12)4-2/h3,5-7,9-11H,1,4,8H2,2H3. The van der Waals surface area contributed by atoms with Crippen LogP contribution in [0.5, 0.6) is 0 Å². The summed E-state index contributed by atoms with van der Waals surface area (Å²) in [5.74, 6) is 0.609. The molecule has 0 saturated carbocycles. The number of allylic oxidation sites excluding steroid dienone is 7. The van der Waals surface area contributed by atoms with Crippen molar-refractivity contribution in [1.82, 2.24) is 0 Å². The molecule has 0 spiro atoms. The quantitative estimate of drug-likeness (QED) is 0.553. The Hall–Kier alpha value is -1.04. The van der Waals surface area contributed by atoms with Crippen molar-refractivity contribution < 1.29 is 0 Å². The van der Waals surface area contributed by atoms with Gasteiger partial charge in [0.05, 0.1) is 0 Å². The summed E-state index contributed by atoms with van der Waals surface area (Å²) in [4.78, 5) is 0. The predicted molar refractivity (Wildman–Crippen MR) is 55.0 cm³/mol. The van der Waals surface area contributed by atoms with Crippen molar-refractivity contribution >= 4 is 0 Å². The van der Waals surface area contributed by atoms with Crippen LogP contribution in [-0.4, -0.2) is 0 Å². The monoisotopic (exact) mass is 160 g/mol. The molecule has 64 valence electrons. The molecule has 1 unspecified atom stereocenters. The van der Waals surface area contributed by atoms with E-state index < -0.39 is 0 Å². The van der Waals surface area contributed by atoms with Crippen LogP contribution in [0, 0.1) is 5.92 Å². The Kier molecular flexibility index (Phi) is 3.59. The third kappa shape index (κ3) is 2.23. The maximum Gasteiger partial charge on any atom is -0.00166 e. The van der Waals surface area contributed by atoms with Crippen molar-refractivity contribution in [3.05, 3.63) is 48.6 Å². The van der Waals surface area contributed by atoms with Gasteiger partial charge in [0.15, 0.2) is 0 Å². The summed E-state index contributed by atoms with van der Waals surface area (Å²) in [5, 5.41) is 0. The number of rotatable bonds is 3. The molecule has 0 aromatic carbocycles. The lowest BCUT2D eigenvalue weighted by Gasteiger charge is -2.11. The summed E-state index contributed by atoms with van der Waals surface area (Å²) < 4.78 is 0. The van der Waals surface area contributed by atoms with Crippen molar-refractivity contribution in [3.8, 4) is 0 Å². The predicted octanol–water partition coefficient (Wildman–Crippen LogP) is 3.64. The second-order valence-corrected chi connectivity index (χ2v) is 3.02. The Morgan fingerprint density at radius 2 is 2.25 bits per heavy atom. The van der Waals surface area contributed by atoms with Gasteiger partial charge in [0.2, 0.25) is 0 Å². The highest BCUT2D eigenvalue weighted by Crippen LogP contribution is 2.22. The van der Waals surface area contributed by atoms with E-state index in [1.165, 1.54) is 12.0 Å². The molecular weight excluding hydrogens is 144 g/mol. The molecule has 0 fully saturated rings. The molecule has 1 aliphatic rings. The minimum absolute atomic E-state index is 0.609. The molecule has 0 aliphatic heterocycles. The lowest BCUT2D eigenvalue weighted by Crippen LogP contribution is -1.97. The highest BCUT2D eigenvalue weighted by Gasteiger charge is 2.07. The second kappa shape index (κ2) is 4.76. The molecule has 0 nitrogen and oxygen atoms in total. The minimum atomic E-state index is 0.609. The van der Waals surface area contributed by atoms with Crippen molar-refractivity contribution in [1.29, 1.82) is 0 Å². The maximum absolute atomic E-state index is 3.77. The van der Waals surface area contributed by atoms with Crippen LogP contribution >= 0.6 is 0 Å². The van der Waals surface area contributed by atoms with Gasteiger partial charge in [-0.1, -0.05) is 49.0 Å². The number of hydrogen-bond acceptors (Lipinski definition) is 0. The summed E-state index contributed by atoms with van der Waals surface area (Å²) >= 11 is 0. The molecule has 0 aromatic rings. The Balaban J connectivity index is 2.76. The topological polar surface area (TPSA) is 0 Å². The van der Waals surface area contributed by atoms with Gasteiger partial charge in [0.25, 0.3) is 0 Å². The van der Waals surface area contributed by atoms with Gasteiger partial charge in [-0.15, -0.1) is 6.58 Å². The third-order valence-corrected chi connectivity index (χ3v) is 2.17. The number of hydrogen-bond donors (Lipinski definition) is 0. The Bertz CT molecular complexity index is 228. The molecule has 1 rings (SSSR count). The lowest BCUT2D eigenvalue weighted by molar-refractivity contribution is 0.712. The molecule has 0 bridgehead atoms. The van der Waals surface area contributed by atoms with E-state index in [1.54, 1.807) is 0 Å². The fourth-order valence-electron chi connectivity index (χ4n) is 1.47. The summed E-state index contributed by atoms with van der Waals surface area (Å²) in [6.07, 6.45) is 14.9. The Morgan fingerprint density at radius 3 is 2.92 bits per heavy atom. The third-order valence-electron chi connectivity index (χ3n) is 2.17. The summed E-state index contributed by atoms with van der Waals surface area (Å²) in [7, 11) is 0. The van der Waals surface area contributed by atoms with E-state index in [2.05, 4.69) is 43.9 Å². The minimum Gasteiger partial charge on any atom is -0.103 e. The maximum atomic E-state index is 3.77. The van der Waals surface area contributed by atoms with E-state index in [-0.39, 0.29) is 0 Å². The van der Waals surface area contributed by atoms with E-state index in [9.17, 15) is 0 Å². The first-order valence-corrected chi connectivity index (χ1v) is 4.53.